The van der Waals surface area contributed by atoms with Gasteiger partial charge in [-0.1, -0.05) is 32.0 Å². The van der Waals surface area contributed by atoms with Gasteiger partial charge in [-0.3, -0.25) is 14.4 Å². The van der Waals surface area contributed by atoms with Crippen LogP contribution < -0.4 is 10.6 Å². The quantitative estimate of drug-likeness (QED) is 0.701. The molecule has 1 heterocycles. The van der Waals surface area contributed by atoms with Crippen molar-refractivity contribution in [1.29, 1.82) is 0 Å². The fourth-order valence-corrected chi connectivity index (χ4v) is 2.55. The molecule has 1 aliphatic rings. The molecule has 6 nitrogen and oxygen atoms in total. The summed E-state index contributed by atoms with van der Waals surface area (Å²) in [6.45, 7) is 7.70. The van der Waals surface area contributed by atoms with Crippen LogP contribution in [0, 0.1) is 5.92 Å². The minimum absolute atomic E-state index is 0.115. The zero-order valence-electron chi connectivity index (χ0n) is 15.2. The first-order chi connectivity index (χ1) is 11.7. The Morgan fingerprint density at radius 1 is 1.12 bits per heavy atom. The molecule has 1 aliphatic heterocycles. The third-order valence-electron chi connectivity index (χ3n) is 4.22. The van der Waals surface area contributed by atoms with Crippen molar-refractivity contribution >= 4 is 17.6 Å². The van der Waals surface area contributed by atoms with Crippen molar-refractivity contribution in [2.75, 3.05) is 6.61 Å². The summed E-state index contributed by atoms with van der Waals surface area (Å²) >= 11 is 0. The molecule has 2 rings (SSSR count). The minimum atomic E-state index is -0.788. The minimum Gasteiger partial charge on any atom is -0.361 e. The molecule has 0 saturated carbocycles. The summed E-state index contributed by atoms with van der Waals surface area (Å²) in [7, 11) is 0. The number of carbonyl (C=O) groups excluding carboxylic acids is 3. The van der Waals surface area contributed by atoms with Gasteiger partial charge in [-0.05, 0) is 38.3 Å². The largest absolute Gasteiger partial charge is 0.361 e. The molecule has 3 atom stereocenters. The highest BCUT2D eigenvalue weighted by atomic mass is 16.6. The van der Waals surface area contributed by atoms with Gasteiger partial charge in [-0.15, -0.1) is 0 Å². The number of hydrogen-bond donors (Lipinski definition) is 2. The van der Waals surface area contributed by atoms with E-state index in [4.69, 9.17) is 4.74 Å². The number of rotatable bonds is 8. The second kappa shape index (κ2) is 7.78. The lowest BCUT2D eigenvalue weighted by atomic mass is 9.93. The second-order valence-electron chi connectivity index (χ2n) is 7.14. The summed E-state index contributed by atoms with van der Waals surface area (Å²) in [6, 6.07) is 7.32. The van der Waals surface area contributed by atoms with E-state index in [0.29, 0.717) is 18.6 Å². The molecule has 0 radical (unpaired) electrons. The number of ether oxygens (including phenoxy) is 1. The lowest BCUT2D eigenvalue weighted by molar-refractivity contribution is -0.131. The number of amides is 2. The molecule has 1 aromatic carbocycles. The van der Waals surface area contributed by atoms with E-state index in [0.717, 1.165) is 0 Å². The smallest absolute Gasteiger partial charge is 0.251 e. The average Bonchev–Trinajstić information content (AvgIpc) is 3.32. The van der Waals surface area contributed by atoms with Crippen LogP contribution >= 0.6 is 0 Å². The van der Waals surface area contributed by atoms with Crippen molar-refractivity contribution < 1.29 is 19.1 Å². The van der Waals surface area contributed by atoms with Crippen LogP contribution in [0.2, 0.25) is 0 Å². The molecule has 0 aliphatic carbocycles. The predicted molar refractivity (Wildman–Crippen MR) is 94.1 cm³/mol. The Bertz CT molecular complexity index is 638. The molecule has 0 aromatic heterocycles. The van der Waals surface area contributed by atoms with Crippen LogP contribution in [0.5, 0.6) is 0 Å². The van der Waals surface area contributed by atoms with Crippen molar-refractivity contribution in [3.8, 4) is 0 Å². The first-order valence-electron chi connectivity index (χ1n) is 8.57. The maximum atomic E-state index is 12.5. The zero-order valence-corrected chi connectivity index (χ0v) is 15.2. The predicted octanol–water partition coefficient (Wildman–Crippen LogP) is 1.69. The Balaban J connectivity index is 1.97. The van der Waals surface area contributed by atoms with E-state index in [1.807, 2.05) is 19.9 Å². The standard InChI is InChI=1S/C19H26N2O4/c1-12(2)10-15(16(22)19(4)11-25-19)21-17(23)13(3)20-18(24)14-8-6-5-7-9-14/h5-9,12-13,15H,10-11H2,1-4H3,(H,20,24)(H,21,23)/t13-,15-,19+/m0/s1. The van der Waals surface area contributed by atoms with E-state index >= 15 is 0 Å². The van der Waals surface area contributed by atoms with Gasteiger partial charge in [0.1, 0.15) is 11.6 Å². The average molecular weight is 346 g/mol. The zero-order chi connectivity index (χ0) is 18.6. The summed E-state index contributed by atoms with van der Waals surface area (Å²) in [5.41, 5.74) is -0.306. The van der Waals surface area contributed by atoms with Gasteiger partial charge in [0, 0.05) is 5.56 Å². The van der Waals surface area contributed by atoms with Gasteiger partial charge in [-0.2, -0.15) is 0 Å². The highest BCUT2D eigenvalue weighted by Gasteiger charge is 2.50. The van der Waals surface area contributed by atoms with E-state index in [1.165, 1.54) is 0 Å². The highest BCUT2D eigenvalue weighted by Crippen LogP contribution is 2.29. The van der Waals surface area contributed by atoms with Gasteiger partial charge in [-0.25, -0.2) is 0 Å². The van der Waals surface area contributed by atoms with Crippen molar-refractivity contribution in [1.82, 2.24) is 10.6 Å². The van der Waals surface area contributed by atoms with E-state index in [9.17, 15) is 14.4 Å². The maximum Gasteiger partial charge on any atom is 0.251 e. The Hall–Kier alpha value is -2.21. The highest BCUT2D eigenvalue weighted by molar-refractivity contribution is 5.99. The first kappa shape index (κ1) is 19.1. The van der Waals surface area contributed by atoms with Crippen LogP contribution in [0.3, 0.4) is 0 Å². The van der Waals surface area contributed by atoms with Gasteiger partial charge in [0.2, 0.25) is 5.91 Å². The van der Waals surface area contributed by atoms with E-state index in [1.54, 1.807) is 38.1 Å². The van der Waals surface area contributed by atoms with E-state index in [2.05, 4.69) is 10.6 Å². The Morgan fingerprint density at radius 2 is 1.72 bits per heavy atom. The lowest BCUT2D eigenvalue weighted by Crippen LogP contribution is -2.52. The van der Waals surface area contributed by atoms with Crippen LogP contribution in [-0.4, -0.2) is 41.9 Å². The first-order valence-corrected chi connectivity index (χ1v) is 8.57. The number of benzene rings is 1. The van der Waals surface area contributed by atoms with Crippen LogP contribution in [0.4, 0.5) is 0 Å². The summed E-state index contributed by atoms with van der Waals surface area (Å²) in [4.78, 5) is 37.1. The molecule has 2 amide bonds. The van der Waals surface area contributed by atoms with Crippen LogP contribution in [-0.2, 0) is 14.3 Å². The third-order valence-corrected chi connectivity index (χ3v) is 4.22. The van der Waals surface area contributed by atoms with Crippen molar-refractivity contribution in [3.05, 3.63) is 35.9 Å². The number of nitrogens with one attached hydrogen (secondary N) is 2. The molecule has 0 bridgehead atoms. The topological polar surface area (TPSA) is 87.8 Å². The molecular formula is C19H26N2O4. The van der Waals surface area contributed by atoms with E-state index < -0.39 is 17.7 Å². The maximum absolute atomic E-state index is 12.5. The number of epoxide rings is 1. The van der Waals surface area contributed by atoms with Gasteiger partial charge in [0.05, 0.1) is 12.6 Å². The molecule has 136 valence electrons. The molecule has 1 aromatic rings. The van der Waals surface area contributed by atoms with Crippen molar-refractivity contribution in [2.45, 2.75) is 51.8 Å². The van der Waals surface area contributed by atoms with Gasteiger partial charge >= 0.3 is 0 Å². The number of Topliss-reactive ketones (excluding diaryl/α,β-unsaturated/α-hetero) is 1. The molecule has 1 saturated heterocycles. The molecular weight excluding hydrogens is 320 g/mol. The van der Waals surface area contributed by atoms with Crippen LogP contribution in [0.1, 0.15) is 44.5 Å². The lowest BCUT2D eigenvalue weighted by Gasteiger charge is -2.23. The monoisotopic (exact) mass is 346 g/mol. The summed E-state index contributed by atoms with van der Waals surface area (Å²) in [5.74, 6) is -0.582. The van der Waals surface area contributed by atoms with Crippen molar-refractivity contribution in [3.63, 3.8) is 0 Å². The molecule has 0 spiro atoms. The fourth-order valence-electron chi connectivity index (χ4n) is 2.55. The second-order valence-corrected chi connectivity index (χ2v) is 7.14. The fraction of sp³-hybridized carbons (Fsp3) is 0.526. The Labute approximate surface area is 148 Å². The summed E-state index contributed by atoms with van der Waals surface area (Å²) in [5, 5.41) is 5.42. The van der Waals surface area contributed by atoms with Gasteiger partial charge in [0.25, 0.3) is 5.91 Å². The third kappa shape index (κ3) is 5.13. The number of ketones is 1. The van der Waals surface area contributed by atoms with Crippen molar-refractivity contribution in [2.24, 2.45) is 5.92 Å². The summed E-state index contributed by atoms with van der Waals surface area (Å²) < 4.78 is 5.21. The number of carbonyl (C=O) groups is 3. The van der Waals surface area contributed by atoms with Gasteiger partial charge < -0.3 is 15.4 Å². The normalized spacial score (nSPS) is 21.3. The molecule has 1 fully saturated rings. The summed E-state index contributed by atoms with van der Waals surface area (Å²) in [6.07, 6.45) is 0.531. The molecule has 2 N–H and O–H groups in total. The Morgan fingerprint density at radius 3 is 2.24 bits per heavy atom. The van der Waals surface area contributed by atoms with Crippen LogP contribution in [0.15, 0.2) is 30.3 Å². The van der Waals surface area contributed by atoms with Gasteiger partial charge in [0.15, 0.2) is 5.78 Å². The Kier molecular flexibility index (Phi) is 5.95. The number of hydrogen-bond acceptors (Lipinski definition) is 4. The molecule has 0 unspecified atom stereocenters. The SMILES string of the molecule is CC(C)C[C@H](NC(=O)[C@H](C)NC(=O)c1ccccc1)C(=O)[C@@]1(C)CO1. The van der Waals surface area contributed by atoms with Crippen LogP contribution in [0.25, 0.3) is 0 Å². The van der Waals surface area contributed by atoms with E-state index in [-0.39, 0.29) is 23.5 Å². The molecule has 6 heteroatoms. The molecule has 25 heavy (non-hydrogen) atoms.